The summed E-state index contributed by atoms with van der Waals surface area (Å²) in [7, 11) is 1.86. The summed E-state index contributed by atoms with van der Waals surface area (Å²) >= 11 is 1.74. The van der Waals surface area contributed by atoms with Gasteiger partial charge in [0.2, 0.25) is 0 Å². The number of hydrogen-bond donors (Lipinski definition) is 1. The second-order valence-corrected chi connectivity index (χ2v) is 7.46. The number of thiazole rings is 1. The topological polar surface area (TPSA) is 40.5 Å². The van der Waals surface area contributed by atoms with E-state index < -0.39 is 0 Å². The van der Waals surface area contributed by atoms with Crippen molar-refractivity contribution in [1.29, 1.82) is 0 Å². The van der Waals surface area contributed by atoms with Crippen molar-refractivity contribution in [1.82, 2.24) is 15.2 Å². The Morgan fingerprint density at radius 3 is 2.80 bits per heavy atom. The molecule has 2 rings (SSSR count). The second kappa shape index (κ2) is 6.12. The summed E-state index contributed by atoms with van der Waals surface area (Å²) in [6.45, 7) is 11.9. The minimum Gasteiger partial charge on any atom is -0.351 e. The van der Waals surface area contributed by atoms with Crippen molar-refractivity contribution in [2.75, 3.05) is 20.1 Å². The van der Waals surface area contributed by atoms with Crippen LogP contribution >= 0.6 is 11.3 Å². The maximum atomic E-state index is 4.65. The van der Waals surface area contributed by atoms with Gasteiger partial charge in [0.1, 0.15) is 0 Å². The predicted octanol–water partition coefficient (Wildman–Crippen LogP) is 3.07. The van der Waals surface area contributed by atoms with E-state index in [9.17, 15) is 0 Å². The molecular weight excluding hydrogens is 268 g/mol. The fraction of sp³-hybridized carbons (Fsp3) is 0.733. The highest BCUT2D eigenvalue weighted by Crippen LogP contribution is 2.28. The highest BCUT2D eigenvalue weighted by atomic mass is 32.1. The number of hydrogen-bond acceptors (Lipinski definition) is 3. The summed E-state index contributed by atoms with van der Waals surface area (Å²) in [5.41, 5.74) is 1.50. The van der Waals surface area contributed by atoms with Crippen molar-refractivity contribution < 1.29 is 0 Å². The van der Waals surface area contributed by atoms with E-state index in [0.29, 0.717) is 11.3 Å². The van der Waals surface area contributed by atoms with Crippen LogP contribution in [0.2, 0.25) is 0 Å². The maximum Gasteiger partial charge on any atom is 0.193 e. The van der Waals surface area contributed by atoms with Crippen LogP contribution in [0.5, 0.6) is 0 Å². The Morgan fingerprint density at radius 2 is 2.30 bits per heavy atom. The fourth-order valence-electron chi connectivity index (χ4n) is 2.46. The zero-order chi connectivity index (χ0) is 14.8. The molecule has 1 aliphatic heterocycles. The fourth-order valence-corrected chi connectivity index (χ4v) is 3.30. The van der Waals surface area contributed by atoms with Gasteiger partial charge in [-0.25, -0.2) is 4.98 Å². The van der Waals surface area contributed by atoms with Crippen LogP contribution in [0.25, 0.3) is 0 Å². The van der Waals surface area contributed by atoms with Gasteiger partial charge in [-0.2, -0.15) is 0 Å². The van der Waals surface area contributed by atoms with Crippen LogP contribution in [0.1, 0.15) is 50.7 Å². The van der Waals surface area contributed by atoms with Gasteiger partial charge in [-0.15, -0.1) is 11.3 Å². The molecule has 1 aliphatic rings. The van der Waals surface area contributed by atoms with E-state index in [2.05, 4.69) is 53.3 Å². The number of nitrogens with zero attached hydrogens (tertiary/aromatic N) is 3. The quantitative estimate of drug-likeness (QED) is 0.688. The molecule has 20 heavy (non-hydrogen) atoms. The molecule has 1 aromatic rings. The van der Waals surface area contributed by atoms with Crippen LogP contribution in [-0.2, 0) is 6.54 Å². The molecule has 0 unspecified atom stereocenters. The lowest BCUT2D eigenvalue weighted by Gasteiger charge is -2.23. The molecule has 112 valence electrons. The summed E-state index contributed by atoms with van der Waals surface area (Å²) in [6.07, 6.45) is 1.22. The molecule has 2 heterocycles. The molecule has 0 bridgehead atoms. The summed E-state index contributed by atoms with van der Waals surface area (Å²) in [6, 6.07) is 0. The SMILES string of the molecule is CN=C(NCc1csc(C(C)C)n1)N1CCC(C)(C)C1. The summed E-state index contributed by atoms with van der Waals surface area (Å²) in [5.74, 6) is 1.50. The Labute approximate surface area is 126 Å². The third-order valence-electron chi connectivity index (χ3n) is 3.68. The van der Waals surface area contributed by atoms with Crippen LogP contribution < -0.4 is 5.32 Å². The first-order chi connectivity index (χ1) is 9.41. The van der Waals surface area contributed by atoms with E-state index in [4.69, 9.17) is 0 Å². The van der Waals surface area contributed by atoms with Crippen molar-refractivity contribution in [3.05, 3.63) is 16.1 Å². The van der Waals surface area contributed by atoms with Crippen LogP contribution in [-0.4, -0.2) is 36.0 Å². The summed E-state index contributed by atoms with van der Waals surface area (Å²) in [5, 5.41) is 6.79. The van der Waals surface area contributed by atoms with Crippen LogP contribution in [0.3, 0.4) is 0 Å². The molecule has 1 N–H and O–H groups in total. The molecule has 0 spiro atoms. The van der Waals surface area contributed by atoms with E-state index in [0.717, 1.165) is 31.3 Å². The van der Waals surface area contributed by atoms with Crippen LogP contribution in [0, 0.1) is 5.41 Å². The van der Waals surface area contributed by atoms with Crippen LogP contribution in [0.15, 0.2) is 10.4 Å². The summed E-state index contributed by atoms with van der Waals surface area (Å²) < 4.78 is 0. The number of guanidine groups is 1. The lowest BCUT2D eigenvalue weighted by Crippen LogP contribution is -2.40. The van der Waals surface area contributed by atoms with Crippen LogP contribution in [0.4, 0.5) is 0 Å². The molecule has 4 nitrogen and oxygen atoms in total. The number of rotatable bonds is 3. The first-order valence-electron chi connectivity index (χ1n) is 7.31. The van der Waals surface area contributed by atoms with Gasteiger partial charge in [-0.3, -0.25) is 4.99 Å². The van der Waals surface area contributed by atoms with E-state index in [1.54, 1.807) is 11.3 Å². The number of aliphatic imine (C=N–C) groups is 1. The Kier molecular flexibility index (Phi) is 4.68. The molecule has 0 aliphatic carbocycles. The predicted molar refractivity (Wildman–Crippen MR) is 86.4 cm³/mol. The van der Waals surface area contributed by atoms with E-state index in [-0.39, 0.29) is 0 Å². The zero-order valence-electron chi connectivity index (χ0n) is 13.2. The van der Waals surface area contributed by atoms with Crippen molar-refractivity contribution in [3.8, 4) is 0 Å². The van der Waals surface area contributed by atoms with Gasteiger partial charge >= 0.3 is 0 Å². The molecule has 0 amide bonds. The molecule has 5 heteroatoms. The normalized spacial score (nSPS) is 18.9. The molecule has 1 saturated heterocycles. The molecule has 1 fully saturated rings. The van der Waals surface area contributed by atoms with E-state index in [1.807, 2.05) is 7.05 Å². The van der Waals surface area contributed by atoms with Gasteiger partial charge in [-0.05, 0) is 11.8 Å². The number of nitrogens with one attached hydrogen (secondary N) is 1. The Bertz CT molecular complexity index is 476. The van der Waals surface area contributed by atoms with Gasteiger partial charge in [0.15, 0.2) is 5.96 Å². The largest absolute Gasteiger partial charge is 0.351 e. The van der Waals surface area contributed by atoms with Gasteiger partial charge in [0.05, 0.1) is 17.2 Å². The first-order valence-corrected chi connectivity index (χ1v) is 8.19. The third-order valence-corrected chi connectivity index (χ3v) is 4.87. The van der Waals surface area contributed by atoms with Gasteiger partial charge < -0.3 is 10.2 Å². The van der Waals surface area contributed by atoms with E-state index >= 15 is 0 Å². The van der Waals surface area contributed by atoms with Crippen molar-refractivity contribution in [3.63, 3.8) is 0 Å². The molecule has 0 aromatic carbocycles. The van der Waals surface area contributed by atoms with Crippen molar-refractivity contribution in [2.45, 2.75) is 46.6 Å². The lowest BCUT2D eigenvalue weighted by atomic mass is 9.93. The third kappa shape index (κ3) is 3.72. The molecule has 0 radical (unpaired) electrons. The number of likely N-dealkylation sites (tertiary alicyclic amines) is 1. The van der Waals surface area contributed by atoms with Crippen molar-refractivity contribution in [2.24, 2.45) is 10.4 Å². The Hall–Kier alpha value is -1.10. The summed E-state index contributed by atoms with van der Waals surface area (Å²) in [4.78, 5) is 11.4. The molecular formula is C15H26N4S. The zero-order valence-corrected chi connectivity index (χ0v) is 14.0. The molecule has 1 aromatic heterocycles. The average Bonchev–Trinajstić information content (AvgIpc) is 2.97. The average molecular weight is 294 g/mol. The van der Waals surface area contributed by atoms with Gasteiger partial charge in [0, 0.05) is 31.4 Å². The van der Waals surface area contributed by atoms with E-state index in [1.165, 1.54) is 11.4 Å². The maximum absolute atomic E-state index is 4.65. The highest BCUT2D eigenvalue weighted by Gasteiger charge is 2.30. The Morgan fingerprint density at radius 1 is 1.55 bits per heavy atom. The highest BCUT2D eigenvalue weighted by molar-refractivity contribution is 7.09. The lowest BCUT2D eigenvalue weighted by molar-refractivity contribution is 0.370. The number of aromatic nitrogens is 1. The monoisotopic (exact) mass is 294 g/mol. The minimum atomic E-state index is 0.392. The van der Waals surface area contributed by atoms with Crippen molar-refractivity contribution >= 4 is 17.3 Å². The van der Waals surface area contributed by atoms with Gasteiger partial charge in [0.25, 0.3) is 0 Å². The Balaban J connectivity index is 1.91. The van der Waals surface area contributed by atoms with Gasteiger partial charge in [-0.1, -0.05) is 27.7 Å². The second-order valence-electron chi connectivity index (χ2n) is 6.57. The standard InChI is InChI=1S/C15H26N4S/c1-11(2)13-18-12(9-20-13)8-17-14(16-5)19-7-6-15(3,4)10-19/h9,11H,6-8,10H2,1-5H3,(H,16,17). The minimum absolute atomic E-state index is 0.392. The smallest absolute Gasteiger partial charge is 0.193 e. The first kappa shape index (κ1) is 15.3. The molecule has 0 saturated carbocycles. The molecule has 0 atom stereocenters.